The lowest BCUT2D eigenvalue weighted by Gasteiger charge is -2.12. The normalized spacial score (nSPS) is 18.5. The molecule has 0 amide bonds. The maximum Gasteiger partial charge on any atom is 0.224 e. The molecule has 2 rings (SSSR count). The fraction of sp³-hybridized carbons (Fsp3) is 0.455. The molecule has 0 spiro atoms. The molecule has 1 aliphatic heterocycles. The molecule has 94 valence electrons. The van der Waals surface area contributed by atoms with Crippen molar-refractivity contribution in [1.29, 1.82) is 5.41 Å². The first kappa shape index (κ1) is 13.7. The number of rotatable bonds is 4. The molecule has 1 aliphatic rings. The summed E-state index contributed by atoms with van der Waals surface area (Å²) in [5, 5.41) is 7.39. The number of ether oxygens (including phenoxy) is 2. The third kappa shape index (κ3) is 3.57. The first-order valence-electron chi connectivity index (χ1n) is 5.31. The van der Waals surface area contributed by atoms with Crippen molar-refractivity contribution in [3.8, 4) is 5.88 Å². The second kappa shape index (κ2) is 6.42. The number of nitrogens with one attached hydrogen (secondary N) is 1. The topological polar surface area (TPSA) is 81.2 Å². The minimum absolute atomic E-state index is 0. The predicted octanol–water partition coefficient (Wildman–Crippen LogP) is 1.35. The molecule has 2 heterocycles. The molecule has 5 nitrogen and oxygen atoms in total. The molecular weight excluding hydrogens is 242 g/mol. The lowest BCUT2D eigenvalue weighted by molar-refractivity contribution is 0.0663. The molecule has 0 aliphatic carbocycles. The first-order valence-corrected chi connectivity index (χ1v) is 5.31. The highest BCUT2D eigenvalue weighted by atomic mass is 35.5. The number of nitrogen functional groups attached to an aromatic ring is 1. The van der Waals surface area contributed by atoms with Crippen LogP contribution in [0.3, 0.4) is 0 Å². The number of aromatic nitrogens is 1. The van der Waals surface area contributed by atoms with Crippen molar-refractivity contribution in [3.63, 3.8) is 0 Å². The lowest BCUT2D eigenvalue weighted by Crippen LogP contribution is -2.19. The molecule has 1 unspecified atom stereocenters. The molecule has 1 atom stereocenters. The Kier molecular flexibility index (Phi) is 5.18. The number of hydrogen-bond donors (Lipinski definition) is 2. The van der Waals surface area contributed by atoms with E-state index in [0.29, 0.717) is 18.1 Å². The van der Waals surface area contributed by atoms with Gasteiger partial charge in [0.15, 0.2) is 0 Å². The molecule has 0 aromatic carbocycles. The summed E-state index contributed by atoms with van der Waals surface area (Å²) in [7, 11) is 0. The second-order valence-electron chi connectivity index (χ2n) is 3.72. The monoisotopic (exact) mass is 257 g/mol. The van der Waals surface area contributed by atoms with E-state index in [2.05, 4.69) is 4.98 Å². The summed E-state index contributed by atoms with van der Waals surface area (Å²) in [5.74, 6) is 0.376. The van der Waals surface area contributed by atoms with Crippen molar-refractivity contribution in [3.05, 3.63) is 23.9 Å². The summed E-state index contributed by atoms with van der Waals surface area (Å²) in [5.41, 5.74) is 5.96. The number of pyridine rings is 1. The fourth-order valence-corrected chi connectivity index (χ4v) is 1.66. The number of nitrogens with two attached hydrogens (primary N) is 1. The minimum Gasteiger partial charge on any atom is -0.474 e. The highest BCUT2D eigenvalue weighted by Crippen LogP contribution is 2.17. The molecule has 17 heavy (non-hydrogen) atoms. The Hall–Kier alpha value is -1.33. The Morgan fingerprint density at radius 3 is 3.12 bits per heavy atom. The third-order valence-corrected chi connectivity index (χ3v) is 2.49. The van der Waals surface area contributed by atoms with Crippen LogP contribution in [0.15, 0.2) is 18.3 Å². The van der Waals surface area contributed by atoms with Crippen LogP contribution >= 0.6 is 12.4 Å². The van der Waals surface area contributed by atoms with Crippen molar-refractivity contribution >= 4 is 18.2 Å². The maximum absolute atomic E-state index is 7.39. The van der Waals surface area contributed by atoms with Crippen LogP contribution in [0.5, 0.6) is 5.88 Å². The Morgan fingerprint density at radius 2 is 2.47 bits per heavy atom. The van der Waals surface area contributed by atoms with Gasteiger partial charge in [0.05, 0.1) is 11.7 Å². The molecular formula is C11H16ClN3O2. The van der Waals surface area contributed by atoms with Crippen LogP contribution in [-0.4, -0.2) is 30.1 Å². The van der Waals surface area contributed by atoms with Crippen molar-refractivity contribution in [1.82, 2.24) is 4.98 Å². The predicted molar refractivity (Wildman–Crippen MR) is 67.0 cm³/mol. The van der Waals surface area contributed by atoms with Crippen LogP contribution in [-0.2, 0) is 4.74 Å². The largest absolute Gasteiger partial charge is 0.474 e. The molecule has 1 aromatic rings. The number of amidine groups is 1. The van der Waals surface area contributed by atoms with E-state index in [1.165, 1.54) is 0 Å². The van der Waals surface area contributed by atoms with Crippen molar-refractivity contribution in [2.24, 2.45) is 5.73 Å². The van der Waals surface area contributed by atoms with Gasteiger partial charge in [-0.3, -0.25) is 5.41 Å². The van der Waals surface area contributed by atoms with Gasteiger partial charge in [-0.2, -0.15) is 0 Å². The van der Waals surface area contributed by atoms with E-state index < -0.39 is 0 Å². The van der Waals surface area contributed by atoms with E-state index >= 15 is 0 Å². The quantitative estimate of drug-likeness (QED) is 0.630. The third-order valence-electron chi connectivity index (χ3n) is 2.49. The zero-order valence-corrected chi connectivity index (χ0v) is 10.2. The molecule has 1 aromatic heterocycles. The van der Waals surface area contributed by atoms with Crippen LogP contribution in [0.4, 0.5) is 0 Å². The number of nitrogens with zero attached hydrogens (tertiary/aromatic N) is 1. The van der Waals surface area contributed by atoms with Gasteiger partial charge in [-0.05, 0) is 25.0 Å². The summed E-state index contributed by atoms with van der Waals surface area (Å²) in [6, 6.07) is 3.45. The fourth-order valence-electron chi connectivity index (χ4n) is 1.66. The van der Waals surface area contributed by atoms with Crippen LogP contribution in [0.2, 0.25) is 0 Å². The highest BCUT2D eigenvalue weighted by molar-refractivity contribution is 5.96. The Bertz CT molecular complexity index is 381. The lowest BCUT2D eigenvalue weighted by atomic mass is 10.2. The number of halogens is 1. The summed E-state index contributed by atoms with van der Waals surface area (Å²) in [6.07, 6.45) is 3.86. The maximum atomic E-state index is 7.39. The zero-order valence-electron chi connectivity index (χ0n) is 9.39. The molecule has 6 heteroatoms. The average Bonchev–Trinajstić information content (AvgIpc) is 2.79. The van der Waals surface area contributed by atoms with Gasteiger partial charge in [0.2, 0.25) is 5.88 Å². The Labute approximate surface area is 106 Å². The van der Waals surface area contributed by atoms with Gasteiger partial charge in [-0.1, -0.05) is 0 Å². The smallest absolute Gasteiger partial charge is 0.224 e. The van der Waals surface area contributed by atoms with E-state index in [0.717, 1.165) is 19.4 Å². The van der Waals surface area contributed by atoms with Crippen molar-refractivity contribution in [2.45, 2.75) is 18.9 Å². The van der Waals surface area contributed by atoms with Crippen molar-refractivity contribution in [2.75, 3.05) is 13.2 Å². The molecule has 1 fully saturated rings. The highest BCUT2D eigenvalue weighted by Gasteiger charge is 2.17. The van der Waals surface area contributed by atoms with Gasteiger partial charge < -0.3 is 15.2 Å². The Balaban J connectivity index is 0.00000144. The average molecular weight is 258 g/mol. The summed E-state index contributed by atoms with van der Waals surface area (Å²) >= 11 is 0. The van der Waals surface area contributed by atoms with E-state index in [1.807, 2.05) is 0 Å². The molecule has 0 saturated carbocycles. The number of hydrogen-bond acceptors (Lipinski definition) is 4. The Morgan fingerprint density at radius 1 is 1.65 bits per heavy atom. The summed E-state index contributed by atoms with van der Waals surface area (Å²) in [4.78, 5) is 4.06. The zero-order chi connectivity index (χ0) is 11.4. The van der Waals surface area contributed by atoms with E-state index in [4.69, 9.17) is 20.6 Å². The molecule has 0 radical (unpaired) electrons. The minimum atomic E-state index is -0.0320. The van der Waals surface area contributed by atoms with E-state index in [9.17, 15) is 0 Å². The van der Waals surface area contributed by atoms with Crippen LogP contribution in [0.1, 0.15) is 18.4 Å². The molecule has 1 saturated heterocycles. The van der Waals surface area contributed by atoms with Gasteiger partial charge in [-0.15, -0.1) is 12.4 Å². The van der Waals surface area contributed by atoms with Crippen molar-refractivity contribution < 1.29 is 9.47 Å². The van der Waals surface area contributed by atoms with Crippen LogP contribution in [0.25, 0.3) is 0 Å². The van der Waals surface area contributed by atoms with Gasteiger partial charge in [0.1, 0.15) is 12.4 Å². The summed E-state index contributed by atoms with van der Waals surface area (Å²) in [6.45, 7) is 1.27. The second-order valence-corrected chi connectivity index (χ2v) is 3.72. The molecule has 3 N–H and O–H groups in total. The van der Waals surface area contributed by atoms with Crippen LogP contribution in [0, 0.1) is 5.41 Å². The van der Waals surface area contributed by atoms with Gasteiger partial charge in [-0.25, -0.2) is 4.98 Å². The van der Waals surface area contributed by atoms with Crippen LogP contribution < -0.4 is 10.5 Å². The first-order chi connectivity index (χ1) is 7.77. The van der Waals surface area contributed by atoms with E-state index in [1.54, 1.807) is 18.3 Å². The standard InChI is InChI=1S/C11H15N3O2.ClH/c12-10(13)9-4-1-5-14-11(9)16-7-8-3-2-6-15-8;/h1,4-5,8H,2-3,6-7H2,(H3,12,13);1H. The SMILES string of the molecule is Cl.N=C(N)c1cccnc1OCC1CCCO1. The summed E-state index contributed by atoms with van der Waals surface area (Å²) < 4.78 is 11.0. The van der Waals surface area contributed by atoms with Gasteiger partial charge in [0, 0.05) is 12.8 Å². The van der Waals surface area contributed by atoms with E-state index in [-0.39, 0.29) is 24.3 Å². The molecule has 0 bridgehead atoms. The van der Waals surface area contributed by atoms with Gasteiger partial charge in [0.25, 0.3) is 0 Å². The van der Waals surface area contributed by atoms with Gasteiger partial charge >= 0.3 is 0 Å².